The summed E-state index contributed by atoms with van der Waals surface area (Å²) in [7, 11) is 3.23. The van der Waals surface area contributed by atoms with E-state index in [0.717, 1.165) is 43.2 Å². The molecule has 1 N–H and O–H groups in total. The number of piperidine rings is 1. The van der Waals surface area contributed by atoms with Crippen molar-refractivity contribution < 1.29 is 14.3 Å². The molecule has 1 aliphatic rings. The fourth-order valence-corrected chi connectivity index (χ4v) is 2.95. The molecule has 140 valence electrons. The Morgan fingerprint density at radius 2 is 2.00 bits per heavy atom. The van der Waals surface area contributed by atoms with Crippen LogP contribution in [0.4, 0.5) is 0 Å². The quantitative estimate of drug-likeness (QED) is 0.316. The number of para-hydroxylation sites is 1. The Hall–Kier alpha value is -1.51. The van der Waals surface area contributed by atoms with Gasteiger partial charge in [0.15, 0.2) is 5.96 Å². The van der Waals surface area contributed by atoms with Crippen molar-refractivity contribution in [3.05, 3.63) is 29.8 Å². The Bertz CT molecular complexity index is 572. The summed E-state index contributed by atoms with van der Waals surface area (Å²) in [5.74, 6) is 1.64. The van der Waals surface area contributed by atoms with Gasteiger partial charge in [-0.1, -0.05) is 18.2 Å². The van der Waals surface area contributed by atoms with E-state index in [0.29, 0.717) is 13.2 Å². The van der Waals surface area contributed by atoms with Gasteiger partial charge >= 0.3 is 5.97 Å². The van der Waals surface area contributed by atoms with Gasteiger partial charge in [0.25, 0.3) is 0 Å². The number of ether oxygens (including phenoxy) is 2. The highest BCUT2D eigenvalue weighted by molar-refractivity contribution is 14.0. The molecule has 6 nitrogen and oxygen atoms in total. The predicted octanol–water partition coefficient (Wildman–Crippen LogP) is 2.66. The third kappa shape index (κ3) is 6.05. The maximum Gasteiger partial charge on any atom is 0.308 e. The molecule has 0 atom stereocenters. The first-order valence-corrected chi connectivity index (χ1v) is 8.43. The molecule has 1 heterocycles. The van der Waals surface area contributed by atoms with Crippen LogP contribution in [0.2, 0.25) is 0 Å². The number of benzene rings is 1. The molecule has 1 saturated heterocycles. The minimum Gasteiger partial charge on any atom is -0.494 e. The van der Waals surface area contributed by atoms with Crippen molar-refractivity contribution >= 4 is 35.9 Å². The molecule has 0 amide bonds. The SMILES string of the molecule is CCOc1ccccc1CNC(=NC)N1CCC(C(=O)OC)CC1.I. The molecule has 2 rings (SSSR count). The van der Waals surface area contributed by atoms with Crippen molar-refractivity contribution in [2.75, 3.05) is 33.9 Å². The summed E-state index contributed by atoms with van der Waals surface area (Å²) in [6.07, 6.45) is 1.59. The topological polar surface area (TPSA) is 63.2 Å². The zero-order valence-electron chi connectivity index (χ0n) is 15.2. The van der Waals surface area contributed by atoms with Crippen LogP contribution < -0.4 is 10.1 Å². The van der Waals surface area contributed by atoms with E-state index >= 15 is 0 Å². The van der Waals surface area contributed by atoms with Crippen LogP contribution in [0.3, 0.4) is 0 Å². The lowest BCUT2D eigenvalue weighted by Gasteiger charge is -2.33. The van der Waals surface area contributed by atoms with Gasteiger partial charge in [0.2, 0.25) is 0 Å². The molecule has 1 aliphatic heterocycles. The van der Waals surface area contributed by atoms with E-state index in [1.807, 2.05) is 25.1 Å². The van der Waals surface area contributed by atoms with Crippen LogP contribution in [0, 0.1) is 5.92 Å². The fourth-order valence-electron chi connectivity index (χ4n) is 2.95. The number of nitrogens with one attached hydrogen (secondary N) is 1. The van der Waals surface area contributed by atoms with Crippen LogP contribution in [-0.2, 0) is 16.1 Å². The van der Waals surface area contributed by atoms with Crippen molar-refractivity contribution in [3.63, 3.8) is 0 Å². The van der Waals surface area contributed by atoms with E-state index < -0.39 is 0 Å². The Morgan fingerprint density at radius 3 is 2.60 bits per heavy atom. The summed E-state index contributed by atoms with van der Waals surface area (Å²) < 4.78 is 10.5. The lowest BCUT2D eigenvalue weighted by atomic mass is 9.97. The molecule has 7 heteroatoms. The number of likely N-dealkylation sites (tertiary alicyclic amines) is 1. The first-order chi connectivity index (χ1) is 11.7. The van der Waals surface area contributed by atoms with Gasteiger partial charge in [0.05, 0.1) is 19.6 Å². The molecule has 25 heavy (non-hydrogen) atoms. The van der Waals surface area contributed by atoms with Gasteiger partial charge in [-0.05, 0) is 25.8 Å². The van der Waals surface area contributed by atoms with Crippen molar-refractivity contribution in [1.29, 1.82) is 0 Å². The number of carbonyl (C=O) groups is 1. The second-order valence-electron chi connectivity index (χ2n) is 5.73. The maximum absolute atomic E-state index is 11.6. The van der Waals surface area contributed by atoms with Gasteiger partial charge in [-0.2, -0.15) is 0 Å². The van der Waals surface area contributed by atoms with Crippen LogP contribution in [0.15, 0.2) is 29.3 Å². The lowest BCUT2D eigenvalue weighted by Crippen LogP contribution is -2.46. The standard InChI is InChI=1S/C18H27N3O3.HI/c1-4-24-16-8-6-5-7-15(16)13-20-18(19-2)21-11-9-14(10-12-21)17(22)23-3;/h5-8,14H,4,9-13H2,1-3H3,(H,19,20);1H. The van der Waals surface area contributed by atoms with E-state index in [1.54, 1.807) is 7.05 Å². The highest BCUT2D eigenvalue weighted by atomic mass is 127. The van der Waals surface area contributed by atoms with E-state index in [-0.39, 0.29) is 35.9 Å². The second-order valence-corrected chi connectivity index (χ2v) is 5.73. The summed E-state index contributed by atoms with van der Waals surface area (Å²) in [5.41, 5.74) is 1.10. The molecule has 0 spiro atoms. The summed E-state index contributed by atoms with van der Waals surface area (Å²) >= 11 is 0. The van der Waals surface area contributed by atoms with Crippen LogP contribution in [-0.4, -0.2) is 50.7 Å². The average molecular weight is 461 g/mol. The smallest absolute Gasteiger partial charge is 0.308 e. The number of guanidine groups is 1. The van der Waals surface area contributed by atoms with Crippen molar-refractivity contribution in [2.24, 2.45) is 10.9 Å². The van der Waals surface area contributed by atoms with Crippen LogP contribution in [0.1, 0.15) is 25.3 Å². The van der Waals surface area contributed by atoms with E-state index in [4.69, 9.17) is 9.47 Å². The number of esters is 1. The number of hydrogen-bond acceptors (Lipinski definition) is 4. The largest absolute Gasteiger partial charge is 0.494 e. The molecule has 0 bridgehead atoms. The zero-order valence-corrected chi connectivity index (χ0v) is 17.5. The van der Waals surface area contributed by atoms with Gasteiger partial charge in [-0.15, -0.1) is 24.0 Å². The first-order valence-electron chi connectivity index (χ1n) is 8.43. The number of aliphatic imine (C=N–C) groups is 1. The summed E-state index contributed by atoms with van der Waals surface area (Å²) in [4.78, 5) is 18.2. The molecule has 0 unspecified atom stereocenters. The van der Waals surface area contributed by atoms with E-state index in [2.05, 4.69) is 21.3 Å². The average Bonchev–Trinajstić information content (AvgIpc) is 2.63. The monoisotopic (exact) mass is 461 g/mol. The van der Waals surface area contributed by atoms with Crippen molar-refractivity contribution in [3.8, 4) is 5.75 Å². The third-order valence-corrected chi connectivity index (χ3v) is 4.25. The first kappa shape index (κ1) is 21.5. The second kappa shape index (κ2) is 11.2. The third-order valence-electron chi connectivity index (χ3n) is 4.25. The fraction of sp³-hybridized carbons (Fsp3) is 0.556. The zero-order chi connectivity index (χ0) is 17.4. The molecule has 0 aromatic heterocycles. The predicted molar refractivity (Wildman–Crippen MR) is 110 cm³/mol. The molecular formula is C18H28IN3O3. The molecule has 1 aromatic rings. The minimum absolute atomic E-state index is 0. The molecule has 0 radical (unpaired) electrons. The Labute approximate surface area is 167 Å². The van der Waals surface area contributed by atoms with Crippen molar-refractivity contribution in [1.82, 2.24) is 10.2 Å². The molecule has 0 saturated carbocycles. The van der Waals surface area contributed by atoms with Gasteiger partial charge in [-0.3, -0.25) is 9.79 Å². The van der Waals surface area contributed by atoms with Crippen LogP contribution >= 0.6 is 24.0 Å². The number of nitrogens with zero attached hydrogens (tertiary/aromatic N) is 2. The number of carbonyl (C=O) groups excluding carboxylic acids is 1. The summed E-state index contributed by atoms with van der Waals surface area (Å²) in [5, 5.41) is 3.39. The molecular weight excluding hydrogens is 433 g/mol. The highest BCUT2D eigenvalue weighted by Gasteiger charge is 2.26. The number of hydrogen-bond donors (Lipinski definition) is 1. The van der Waals surface area contributed by atoms with Crippen LogP contribution in [0.25, 0.3) is 0 Å². The number of halogens is 1. The van der Waals surface area contributed by atoms with Gasteiger partial charge in [0.1, 0.15) is 5.75 Å². The summed E-state index contributed by atoms with van der Waals surface area (Å²) in [6.45, 7) is 4.88. The van der Waals surface area contributed by atoms with Gasteiger partial charge in [0, 0.05) is 32.2 Å². The Kier molecular flexibility index (Phi) is 9.62. The maximum atomic E-state index is 11.6. The molecule has 1 fully saturated rings. The normalized spacial score (nSPS) is 15.3. The number of methoxy groups -OCH3 is 1. The molecule has 0 aliphatic carbocycles. The van der Waals surface area contributed by atoms with E-state index in [1.165, 1.54) is 7.11 Å². The van der Waals surface area contributed by atoms with E-state index in [9.17, 15) is 4.79 Å². The summed E-state index contributed by atoms with van der Waals surface area (Å²) in [6, 6.07) is 8.00. The van der Waals surface area contributed by atoms with Crippen LogP contribution in [0.5, 0.6) is 5.75 Å². The van der Waals surface area contributed by atoms with Crippen molar-refractivity contribution in [2.45, 2.75) is 26.3 Å². The minimum atomic E-state index is -0.108. The highest BCUT2D eigenvalue weighted by Crippen LogP contribution is 2.20. The van der Waals surface area contributed by atoms with Gasteiger partial charge < -0.3 is 19.7 Å². The number of rotatable bonds is 5. The molecule has 1 aromatic carbocycles. The van der Waals surface area contributed by atoms with Gasteiger partial charge in [-0.25, -0.2) is 0 Å². The Morgan fingerprint density at radius 1 is 1.32 bits per heavy atom. The lowest BCUT2D eigenvalue weighted by molar-refractivity contribution is -0.146. The Balaban J connectivity index is 0.00000312.